The molecule has 0 bridgehead atoms. The molecule has 8 nitrogen and oxygen atoms in total. The van der Waals surface area contributed by atoms with Gasteiger partial charge in [-0.1, -0.05) is 30.3 Å². The minimum Gasteiger partial charge on any atom is -0.404 e. The fourth-order valence-electron chi connectivity index (χ4n) is 5.31. The second kappa shape index (κ2) is 12.6. The highest BCUT2D eigenvalue weighted by atomic mass is 19.4. The van der Waals surface area contributed by atoms with E-state index in [9.17, 15) is 28.3 Å². The average molecular weight is 546 g/mol. The van der Waals surface area contributed by atoms with Gasteiger partial charge in [-0.3, -0.25) is 4.90 Å². The van der Waals surface area contributed by atoms with E-state index >= 15 is 0 Å². The van der Waals surface area contributed by atoms with E-state index in [1.54, 1.807) is 11.0 Å². The number of carbonyl (C=O) groups excluding carboxylic acids is 1. The number of nitriles is 1. The van der Waals surface area contributed by atoms with Crippen LogP contribution >= 0.6 is 0 Å². The van der Waals surface area contributed by atoms with Crippen molar-refractivity contribution in [1.29, 1.82) is 5.26 Å². The normalized spacial score (nSPS) is 19.8. The molecular weight excluding hydrogens is 511 g/mol. The molecule has 0 spiro atoms. The summed E-state index contributed by atoms with van der Waals surface area (Å²) in [5.41, 5.74) is 1.65. The van der Waals surface area contributed by atoms with E-state index in [2.05, 4.69) is 27.1 Å². The van der Waals surface area contributed by atoms with Crippen molar-refractivity contribution in [3.63, 3.8) is 0 Å². The Kier molecular flexibility index (Phi) is 9.20. The lowest BCUT2D eigenvalue weighted by Crippen LogP contribution is -2.57. The van der Waals surface area contributed by atoms with Gasteiger partial charge >= 0.3 is 12.4 Å². The molecule has 2 N–H and O–H groups in total. The van der Waals surface area contributed by atoms with Gasteiger partial charge in [-0.25, -0.2) is 4.79 Å². The van der Waals surface area contributed by atoms with Gasteiger partial charge in [0.05, 0.1) is 11.7 Å². The molecule has 2 aliphatic rings. The lowest BCUT2D eigenvalue weighted by molar-refractivity contribution is -0.274. The van der Waals surface area contributed by atoms with Gasteiger partial charge in [-0.05, 0) is 62.5 Å². The number of aliphatic hydroxyl groups excluding tert-OH is 1. The largest absolute Gasteiger partial charge is 0.573 e. The van der Waals surface area contributed by atoms with Crippen LogP contribution in [0.1, 0.15) is 30.9 Å². The number of anilines is 1. The quantitative estimate of drug-likeness (QED) is 0.548. The lowest BCUT2D eigenvalue weighted by Gasteiger charge is -2.41. The predicted molar refractivity (Wildman–Crippen MR) is 140 cm³/mol. The summed E-state index contributed by atoms with van der Waals surface area (Å²) in [5, 5.41) is 22.9. The fourth-order valence-corrected chi connectivity index (χ4v) is 5.31. The van der Waals surface area contributed by atoms with Gasteiger partial charge in [-0.2, -0.15) is 5.26 Å². The highest BCUT2D eigenvalue weighted by Gasteiger charge is 2.33. The molecule has 0 saturated carbocycles. The second-order valence-corrected chi connectivity index (χ2v) is 10.2. The van der Waals surface area contributed by atoms with Gasteiger partial charge in [0.25, 0.3) is 0 Å². The predicted octanol–water partition coefficient (Wildman–Crippen LogP) is 3.95. The number of likely N-dealkylation sites (tertiary alicyclic amines) is 1. The van der Waals surface area contributed by atoms with Crippen LogP contribution in [0.3, 0.4) is 0 Å². The molecule has 2 heterocycles. The maximum atomic E-state index is 12.9. The number of piperidine rings is 1. The number of ether oxygens (including phenoxy) is 1. The standard InChI is InChI=1S/C28H34F3N5O3/c1-20-18-35(24-7-8-26(23(15-24)16-32)39-28(29,30)31)13-14-36(20)27(38)33-17-25(37)22-9-11-34(12-10-22)19-21-5-3-2-4-6-21/h2-8,15,20,22,25,37H,9-14,17-19H2,1H3,(H,33,38)/t20-,25-/m1/s1. The van der Waals surface area contributed by atoms with E-state index in [0.29, 0.717) is 25.3 Å². The summed E-state index contributed by atoms with van der Waals surface area (Å²) in [7, 11) is 0. The SMILES string of the molecule is C[C@@H]1CN(c2ccc(OC(F)(F)F)c(C#N)c2)CCN1C(=O)NC[C@@H](O)C1CCN(Cc2ccccc2)CC1. The van der Waals surface area contributed by atoms with Crippen molar-refractivity contribution in [1.82, 2.24) is 15.1 Å². The summed E-state index contributed by atoms with van der Waals surface area (Å²) in [4.78, 5) is 18.9. The summed E-state index contributed by atoms with van der Waals surface area (Å²) in [6, 6.07) is 15.6. The molecule has 0 aromatic heterocycles. The molecule has 39 heavy (non-hydrogen) atoms. The third-order valence-corrected chi connectivity index (χ3v) is 7.45. The van der Waals surface area contributed by atoms with Crippen molar-refractivity contribution in [2.24, 2.45) is 5.92 Å². The third-order valence-electron chi connectivity index (χ3n) is 7.45. The summed E-state index contributed by atoms with van der Waals surface area (Å²) in [6.45, 7) is 6.06. The van der Waals surface area contributed by atoms with Crippen LogP contribution in [-0.2, 0) is 6.54 Å². The van der Waals surface area contributed by atoms with Crippen molar-refractivity contribution in [3.8, 4) is 11.8 Å². The van der Waals surface area contributed by atoms with Gasteiger partial charge in [0.15, 0.2) is 0 Å². The molecule has 0 aliphatic carbocycles. The molecule has 2 amide bonds. The number of halogens is 3. The number of rotatable bonds is 7. The molecule has 210 valence electrons. The van der Waals surface area contributed by atoms with Crippen molar-refractivity contribution in [3.05, 3.63) is 59.7 Å². The van der Waals surface area contributed by atoms with E-state index in [-0.39, 0.29) is 30.1 Å². The molecule has 11 heteroatoms. The van der Waals surface area contributed by atoms with E-state index in [1.165, 1.54) is 17.7 Å². The van der Waals surface area contributed by atoms with Crippen LogP contribution in [0.25, 0.3) is 0 Å². The number of urea groups is 1. The first-order valence-corrected chi connectivity index (χ1v) is 13.2. The van der Waals surface area contributed by atoms with Crippen LogP contribution in [0.5, 0.6) is 5.75 Å². The maximum Gasteiger partial charge on any atom is 0.573 e. The molecule has 2 aliphatic heterocycles. The van der Waals surface area contributed by atoms with Gasteiger partial charge < -0.3 is 25.0 Å². The highest BCUT2D eigenvalue weighted by Crippen LogP contribution is 2.30. The zero-order valence-electron chi connectivity index (χ0n) is 21.9. The number of amides is 2. The number of hydrogen-bond acceptors (Lipinski definition) is 6. The van der Waals surface area contributed by atoms with Crippen LogP contribution in [0, 0.1) is 17.2 Å². The van der Waals surface area contributed by atoms with E-state index in [1.807, 2.05) is 30.0 Å². The average Bonchev–Trinajstić information content (AvgIpc) is 2.92. The second-order valence-electron chi connectivity index (χ2n) is 10.2. The van der Waals surface area contributed by atoms with E-state index in [0.717, 1.165) is 38.5 Å². The van der Waals surface area contributed by atoms with Crippen LogP contribution in [0.15, 0.2) is 48.5 Å². The van der Waals surface area contributed by atoms with Crippen molar-refractivity contribution in [2.45, 2.75) is 44.8 Å². The van der Waals surface area contributed by atoms with Crippen LogP contribution in [0.4, 0.5) is 23.7 Å². The highest BCUT2D eigenvalue weighted by molar-refractivity contribution is 5.75. The molecule has 2 atom stereocenters. The third kappa shape index (κ3) is 7.77. The minimum absolute atomic E-state index is 0.130. The number of nitrogens with one attached hydrogen (secondary N) is 1. The first-order valence-electron chi connectivity index (χ1n) is 13.2. The molecule has 2 fully saturated rings. The Morgan fingerprint density at radius 1 is 1.15 bits per heavy atom. The number of hydrogen-bond donors (Lipinski definition) is 2. The summed E-state index contributed by atoms with van der Waals surface area (Å²) >= 11 is 0. The monoisotopic (exact) mass is 545 g/mol. The molecule has 0 unspecified atom stereocenters. The lowest BCUT2D eigenvalue weighted by atomic mass is 9.91. The molecule has 2 aromatic rings. The van der Waals surface area contributed by atoms with Crippen LogP contribution in [0.2, 0.25) is 0 Å². The molecule has 2 saturated heterocycles. The van der Waals surface area contributed by atoms with E-state index in [4.69, 9.17) is 0 Å². The zero-order valence-corrected chi connectivity index (χ0v) is 21.9. The van der Waals surface area contributed by atoms with Crippen LogP contribution in [-0.4, -0.2) is 78.7 Å². The Morgan fingerprint density at radius 3 is 2.51 bits per heavy atom. The first kappa shape index (κ1) is 28.5. The number of piperazine rings is 1. The summed E-state index contributed by atoms with van der Waals surface area (Å²) < 4.78 is 41.7. The number of carbonyl (C=O) groups is 1. The smallest absolute Gasteiger partial charge is 0.404 e. The number of benzene rings is 2. The Bertz CT molecular complexity index is 1150. The molecule has 0 radical (unpaired) electrons. The number of alkyl halides is 3. The first-order chi connectivity index (χ1) is 18.6. The van der Waals surface area contributed by atoms with Crippen molar-refractivity contribution < 1.29 is 27.8 Å². The fraction of sp³-hybridized carbons (Fsp3) is 0.500. The molecule has 2 aromatic carbocycles. The topological polar surface area (TPSA) is 92.1 Å². The number of nitrogens with zero attached hydrogens (tertiary/aromatic N) is 4. The minimum atomic E-state index is -4.88. The van der Waals surface area contributed by atoms with Crippen LogP contribution < -0.4 is 15.0 Å². The van der Waals surface area contributed by atoms with Crippen molar-refractivity contribution >= 4 is 11.7 Å². The van der Waals surface area contributed by atoms with Crippen molar-refractivity contribution in [2.75, 3.05) is 44.2 Å². The van der Waals surface area contributed by atoms with Gasteiger partial charge in [0.2, 0.25) is 0 Å². The van der Waals surface area contributed by atoms with E-state index < -0.39 is 18.2 Å². The maximum absolute atomic E-state index is 12.9. The van der Waals surface area contributed by atoms with Gasteiger partial charge in [0.1, 0.15) is 11.8 Å². The Hall–Kier alpha value is -3.49. The Morgan fingerprint density at radius 2 is 1.87 bits per heavy atom. The van der Waals surface area contributed by atoms with Gasteiger partial charge in [0, 0.05) is 44.5 Å². The Balaban J connectivity index is 1.23. The molecular formula is C28H34F3N5O3. The Labute approximate surface area is 226 Å². The summed E-state index contributed by atoms with van der Waals surface area (Å²) in [5.74, 6) is -0.412. The summed E-state index contributed by atoms with van der Waals surface area (Å²) in [6.07, 6.45) is -3.76. The molecule has 4 rings (SSSR count). The number of aliphatic hydroxyl groups is 1. The van der Waals surface area contributed by atoms with Gasteiger partial charge in [-0.15, -0.1) is 13.2 Å². The zero-order chi connectivity index (χ0) is 28.0.